The summed E-state index contributed by atoms with van der Waals surface area (Å²) in [6.07, 6.45) is 1.64. The third-order valence-corrected chi connectivity index (χ3v) is 3.54. The lowest BCUT2D eigenvalue weighted by Gasteiger charge is -2.16. The van der Waals surface area contributed by atoms with Crippen molar-refractivity contribution in [3.05, 3.63) is 54.1 Å². The molecule has 2 aromatic carbocycles. The van der Waals surface area contributed by atoms with Crippen molar-refractivity contribution in [1.29, 1.82) is 0 Å². The number of aromatic hydroxyl groups is 1. The van der Waals surface area contributed by atoms with Gasteiger partial charge in [-0.15, -0.1) is 0 Å². The monoisotopic (exact) mass is 314 g/mol. The van der Waals surface area contributed by atoms with Crippen LogP contribution in [0.15, 0.2) is 48.5 Å². The second kappa shape index (κ2) is 8.08. The number of nitrogens with one attached hydrogen (secondary N) is 2. The Morgan fingerprint density at radius 2 is 1.87 bits per heavy atom. The van der Waals surface area contributed by atoms with E-state index in [1.54, 1.807) is 31.4 Å². The van der Waals surface area contributed by atoms with Gasteiger partial charge in [-0.3, -0.25) is 0 Å². The fourth-order valence-electron chi connectivity index (χ4n) is 2.25. The Kier molecular flexibility index (Phi) is 5.86. The molecule has 2 amide bonds. The van der Waals surface area contributed by atoms with Gasteiger partial charge in [0.1, 0.15) is 11.5 Å². The van der Waals surface area contributed by atoms with Gasteiger partial charge < -0.3 is 20.5 Å². The van der Waals surface area contributed by atoms with E-state index in [1.165, 1.54) is 0 Å². The van der Waals surface area contributed by atoms with Crippen molar-refractivity contribution in [3.63, 3.8) is 0 Å². The predicted molar refractivity (Wildman–Crippen MR) is 91.0 cm³/mol. The SMILES string of the molecule is COc1ccccc1NC(=O)N[C@@H](C)CCc1ccc(O)cc1. The molecular weight excluding hydrogens is 292 g/mol. The lowest BCUT2D eigenvalue weighted by Crippen LogP contribution is -2.36. The number of anilines is 1. The Labute approximate surface area is 136 Å². The summed E-state index contributed by atoms with van der Waals surface area (Å²) in [5.74, 6) is 0.885. The van der Waals surface area contributed by atoms with E-state index in [1.807, 2.05) is 31.2 Å². The van der Waals surface area contributed by atoms with Gasteiger partial charge in [-0.2, -0.15) is 0 Å². The molecule has 3 N–H and O–H groups in total. The maximum absolute atomic E-state index is 12.0. The fraction of sp³-hybridized carbons (Fsp3) is 0.278. The largest absolute Gasteiger partial charge is 0.508 e. The van der Waals surface area contributed by atoms with Crippen LogP contribution in [0.4, 0.5) is 10.5 Å². The van der Waals surface area contributed by atoms with Crippen LogP contribution in [0.2, 0.25) is 0 Å². The zero-order chi connectivity index (χ0) is 16.7. The van der Waals surface area contributed by atoms with Crippen LogP contribution >= 0.6 is 0 Å². The summed E-state index contributed by atoms with van der Waals surface area (Å²) in [5, 5.41) is 15.0. The number of hydrogen-bond donors (Lipinski definition) is 3. The molecule has 5 nitrogen and oxygen atoms in total. The maximum atomic E-state index is 12.0. The molecule has 122 valence electrons. The summed E-state index contributed by atoms with van der Waals surface area (Å²) in [6, 6.07) is 14.2. The van der Waals surface area contributed by atoms with Gasteiger partial charge in [0, 0.05) is 6.04 Å². The van der Waals surface area contributed by atoms with Gasteiger partial charge in [-0.25, -0.2) is 4.79 Å². The van der Waals surface area contributed by atoms with Crippen LogP contribution in [0.1, 0.15) is 18.9 Å². The number of urea groups is 1. The number of benzene rings is 2. The summed E-state index contributed by atoms with van der Waals surface area (Å²) in [4.78, 5) is 12.0. The number of carbonyl (C=O) groups is 1. The molecule has 0 bridgehead atoms. The summed E-state index contributed by atoms with van der Waals surface area (Å²) in [5.41, 5.74) is 1.76. The quantitative estimate of drug-likeness (QED) is 0.763. The molecule has 2 rings (SSSR count). The molecule has 23 heavy (non-hydrogen) atoms. The smallest absolute Gasteiger partial charge is 0.319 e. The minimum absolute atomic E-state index is 0.0264. The average molecular weight is 314 g/mol. The van der Waals surface area contributed by atoms with Crippen molar-refractivity contribution in [1.82, 2.24) is 5.32 Å². The summed E-state index contributed by atoms with van der Waals surface area (Å²) >= 11 is 0. The zero-order valence-corrected chi connectivity index (χ0v) is 13.4. The molecule has 0 radical (unpaired) electrons. The van der Waals surface area contributed by atoms with E-state index >= 15 is 0 Å². The lowest BCUT2D eigenvalue weighted by molar-refractivity contribution is 0.248. The van der Waals surface area contributed by atoms with Crippen molar-refractivity contribution in [2.45, 2.75) is 25.8 Å². The average Bonchev–Trinajstić information content (AvgIpc) is 2.54. The van der Waals surface area contributed by atoms with Gasteiger partial charge in [0.2, 0.25) is 0 Å². The number of hydrogen-bond acceptors (Lipinski definition) is 3. The van der Waals surface area contributed by atoms with Crippen LogP contribution in [0.25, 0.3) is 0 Å². The third kappa shape index (κ3) is 5.21. The standard InChI is InChI=1S/C18H22N2O3/c1-13(7-8-14-9-11-15(21)12-10-14)19-18(22)20-16-5-3-4-6-17(16)23-2/h3-6,9-13,21H,7-8H2,1-2H3,(H2,19,20,22)/t13-/m0/s1. The van der Waals surface area contributed by atoms with Crippen molar-refractivity contribution in [3.8, 4) is 11.5 Å². The van der Waals surface area contributed by atoms with Crippen LogP contribution in [-0.2, 0) is 6.42 Å². The molecule has 1 atom stereocenters. The third-order valence-electron chi connectivity index (χ3n) is 3.54. The van der Waals surface area contributed by atoms with Gasteiger partial charge >= 0.3 is 6.03 Å². The number of para-hydroxylation sites is 2. The first-order chi connectivity index (χ1) is 11.1. The second-order valence-corrected chi connectivity index (χ2v) is 5.40. The maximum Gasteiger partial charge on any atom is 0.319 e. The van der Waals surface area contributed by atoms with Crippen LogP contribution in [0, 0.1) is 0 Å². The molecule has 0 heterocycles. The first-order valence-corrected chi connectivity index (χ1v) is 7.57. The molecule has 0 aliphatic heterocycles. The number of phenolic OH excluding ortho intramolecular Hbond substituents is 1. The molecule has 0 fully saturated rings. The molecule has 5 heteroatoms. The Bertz CT molecular complexity index is 641. The first-order valence-electron chi connectivity index (χ1n) is 7.57. The van der Waals surface area contributed by atoms with E-state index in [9.17, 15) is 9.90 Å². The molecule has 0 unspecified atom stereocenters. The van der Waals surface area contributed by atoms with Gasteiger partial charge in [-0.05, 0) is 49.6 Å². The Hall–Kier alpha value is -2.69. The van der Waals surface area contributed by atoms with Crippen molar-refractivity contribution < 1.29 is 14.6 Å². The first kappa shape index (κ1) is 16.7. The molecule has 0 saturated heterocycles. The molecular formula is C18H22N2O3. The number of ether oxygens (including phenoxy) is 1. The van der Waals surface area contributed by atoms with Gasteiger partial charge in [0.15, 0.2) is 0 Å². The number of phenols is 1. The Morgan fingerprint density at radius 1 is 1.17 bits per heavy atom. The van der Waals surface area contributed by atoms with Crippen LogP contribution in [-0.4, -0.2) is 24.3 Å². The van der Waals surface area contributed by atoms with E-state index in [0.717, 1.165) is 18.4 Å². The summed E-state index contributed by atoms with van der Waals surface area (Å²) < 4.78 is 5.20. The molecule has 0 aromatic heterocycles. The highest BCUT2D eigenvalue weighted by molar-refractivity contribution is 5.91. The van der Waals surface area contributed by atoms with E-state index in [0.29, 0.717) is 11.4 Å². The molecule has 2 aromatic rings. The number of rotatable bonds is 6. The van der Waals surface area contributed by atoms with E-state index in [-0.39, 0.29) is 17.8 Å². The minimum Gasteiger partial charge on any atom is -0.508 e. The van der Waals surface area contributed by atoms with Crippen LogP contribution in [0.3, 0.4) is 0 Å². The van der Waals surface area contributed by atoms with Crippen LogP contribution in [0.5, 0.6) is 11.5 Å². The van der Waals surface area contributed by atoms with Gasteiger partial charge in [0.25, 0.3) is 0 Å². The minimum atomic E-state index is -0.257. The predicted octanol–water partition coefficient (Wildman–Crippen LogP) is 3.54. The zero-order valence-electron chi connectivity index (χ0n) is 13.4. The summed E-state index contributed by atoms with van der Waals surface area (Å²) in [6.45, 7) is 1.96. The van der Waals surface area contributed by atoms with Crippen molar-refractivity contribution in [2.75, 3.05) is 12.4 Å². The Morgan fingerprint density at radius 3 is 2.57 bits per heavy atom. The second-order valence-electron chi connectivity index (χ2n) is 5.40. The lowest BCUT2D eigenvalue weighted by atomic mass is 10.1. The highest BCUT2D eigenvalue weighted by Gasteiger charge is 2.10. The van der Waals surface area contributed by atoms with Gasteiger partial charge in [-0.1, -0.05) is 24.3 Å². The number of aryl methyl sites for hydroxylation is 1. The molecule has 0 aliphatic carbocycles. The summed E-state index contributed by atoms with van der Waals surface area (Å²) in [7, 11) is 1.57. The van der Waals surface area contributed by atoms with Crippen molar-refractivity contribution in [2.24, 2.45) is 0 Å². The molecule has 0 spiro atoms. The van der Waals surface area contributed by atoms with Crippen LogP contribution < -0.4 is 15.4 Å². The Balaban J connectivity index is 1.81. The molecule has 0 aliphatic rings. The normalized spacial score (nSPS) is 11.6. The number of methoxy groups -OCH3 is 1. The highest BCUT2D eigenvalue weighted by Crippen LogP contribution is 2.22. The van der Waals surface area contributed by atoms with E-state index < -0.39 is 0 Å². The number of amides is 2. The topological polar surface area (TPSA) is 70.6 Å². The number of carbonyl (C=O) groups excluding carboxylic acids is 1. The highest BCUT2D eigenvalue weighted by atomic mass is 16.5. The van der Waals surface area contributed by atoms with Crippen molar-refractivity contribution >= 4 is 11.7 Å². The fourth-order valence-corrected chi connectivity index (χ4v) is 2.25. The van der Waals surface area contributed by atoms with Gasteiger partial charge in [0.05, 0.1) is 12.8 Å². The van der Waals surface area contributed by atoms with E-state index in [2.05, 4.69) is 10.6 Å². The molecule has 0 saturated carbocycles. The van der Waals surface area contributed by atoms with E-state index in [4.69, 9.17) is 4.74 Å².